The summed E-state index contributed by atoms with van der Waals surface area (Å²) in [6, 6.07) is 0. The second kappa shape index (κ2) is 5.71. The maximum atomic E-state index is 11.2. The van der Waals surface area contributed by atoms with Crippen molar-refractivity contribution in [2.24, 2.45) is 17.3 Å². The van der Waals surface area contributed by atoms with Crippen LogP contribution in [0.5, 0.6) is 0 Å². The Morgan fingerprint density at radius 1 is 1.38 bits per heavy atom. The van der Waals surface area contributed by atoms with Crippen LogP contribution in [0.2, 0.25) is 0 Å². The summed E-state index contributed by atoms with van der Waals surface area (Å²) >= 11 is -5.62. The van der Waals surface area contributed by atoms with Crippen LogP contribution in [-0.2, 0) is 29.3 Å². The van der Waals surface area contributed by atoms with E-state index >= 15 is 0 Å². The van der Waals surface area contributed by atoms with E-state index in [9.17, 15) is 4.79 Å². The van der Waals surface area contributed by atoms with E-state index in [0.29, 0.717) is 17.6 Å². The maximum absolute atomic E-state index is 11.2. The van der Waals surface area contributed by atoms with E-state index in [-0.39, 0.29) is 56.8 Å². The average molecular weight is 294 g/mol. The van der Waals surface area contributed by atoms with Gasteiger partial charge in [0.2, 0.25) is 0 Å². The van der Waals surface area contributed by atoms with Gasteiger partial charge in [0.1, 0.15) is 0 Å². The summed E-state index contributed by atoms with van der Waals surface area (Å²) in [5.74, 6) is 1.35. The van der Waals surface area contributed by atoms with Gasteiger partial charge in [0.05, 0.1) is 0 Å². The molecule has 0 amide bonds. The number of hydrogen-bond acceptors (Lipinski definition) is 5. The number of allylic oxidation sites excluding steroid dienone is 2. The fourth-order valence-electron chi connectivity index (χ4n) is 2.10. The van der Waals surface area contributed by atoms with Gasteiger partial charge in [-0.2, -0.15) is 0 Å². The van der Waals surface area contributed by atoms with Gasteiger partial charge in [0.25, 0.3) is 0 Å². The van der Waals surface area contributed by atoms with Crippen molar-refractivity contribution in [1.82, 2.24) is 0 Å². The van der Waals surface area contributed by atoms with Gasteiger partial charge >= 0.3 is 80.0 Å². The van der Waals surface area contributed by atoms with E-state index in [4.69, 9.17) is 15.7 Å². The first kappa shape index (κ1) is 16.9. The van der Waals surface area contributed by atoms with Crippen LogP contribution in [0.3, 0.4) is 0 Å². The molecule has 1 fully saturated rings. The summed E-state index contributed by atoms with van der Waals surface area (Å²) in [6.45, 7) is 4.38. The van der Waals surface area contributed by atoms with E-state index in [0.717, 1.165) is 6.42 Å². The van der Waals surface area contributed by atoms with Gasteiger partial charge in [-0.15, -0.1) is 0 Å². The Balaban J connectivity index is 0.000000330. The summed E-state index contributed by atoms with van der Waals surface area (Å²) in [6.07, 6.45) is 4.93. The molecule has 0 heterocycles. The zero-order chi connectivity index (χ0) is 11.9. The standard InChI is InChI=1S/C9H12O.K.Mn.4O/c1-9(2)6-3-4-8(10)7(9)5-6;;;;;;/h3-4,6-7H,5H2,1-2H3;;;;;;/q;+1;;;;;-1. The molecule has 2 unspecified atom stereocenters. The molecule has 0 spiro atoms. The molecule has 2 atom stereocenters. The Labute approximate surface area is 138 Å². The average Bonchev–Trinajstić information content (AvgIpc) is 2.00. The molecule has 86 valence electrons. The number of hydrogen-bond donors (Lipinski definition) is 0. The summed E-state index contributed by atoms with van der Waals surface area (Å²) in [7, 11) is 0. The van der Waals surface area contributed by atoms with Crippen LogP contribution in [0, 0.1) is 17.3 Å². The summed E-state index contributed by atoms with van der Waals surface area (Å²) in [4.78, 5) is 11.2. The van der Waals surface area contributed by atoms with Crippen LogP contribution in [0.15, 0.2) is 12.2 Å². The second-order valence-electron chi connectivity index (χ2n) is 4.36. The summed E-state index contributed by atoms with van der Waals surface area (Å²) in [5, 5.41) is 0. The Kier molecular flexibility index (Phi) is 6.04. The molecule has 0 aromatic carbocycles. The number of ketones is 1. The van der Waals surface area contributed by atoms with E-state index in [1.807, 2.05) is 0 Å². The molecular formula is C9H12KMnO5. The normalized spacial score (nSPS) is 29.3. The van der Waals surface area contributed by atoms with Crippen molar-refractivity contribution in [2.75, 3.05) is 0 Å². The minimum atomic E-state index is -5.62. The zero-order valence-corrected chi connectivity index (χ0v) is 13.7. The van der Waals surface area contributed by atoms with Crippen LogP contribution >= 0.6 is 0 Å². The van der Waals surface area contributed by atoms with Crippen molar-refractivity contribution < 1.29 is 84.8 Å². The van der Waals surface area contributed by atoms with Gasteiger partial charge in [-0.05, 0) is 23.8 Å². The fourth-order valence-corrected chi connectivity index (χ4v) is 2.10. The van der Waals surface area contributed by atoms with E-state index in [1.54, 1.807) is 6.08 Å². The monoisotopic (exact) mass is 294 g/mol. The first-order valence-electron chi connectivity index (χ1n) is 4.46. The third-order valence-electron chi connectivity index (χ3n) is 3.18. The third-order valence-corrected chi connectivity index (χ3v) is 3.18. The number of rotatable bonds is 0. The second-order valence-corrected chi connectivity index (χ2v) is 5.54. The molecule has 0 N–H and O–H groups in total. The molecule has 1 saturated carbocycles. The van der Waals surface area contributed by atoms with Crippen molar-refractivity contribution in [3.8, 4) is 0 Å². The molecule has 3 rings (SSSR count). The van der Waals surface area contributed by atoms with E-state index in [1.165, 1.54) is 0 Å². The molecular weight excluding hydrogens is 282 g/mol. The fraction of sp³-hybridized carbons (Fsp3) is 0.667. The zero-order valence-electron chi connectivity index (χ0n) is 9.44. The predicted octanol–water partition coefficient (Wildman–Crippen LogP) is -2.76. The molecule has 0 aromatic heterocycles. The summed E-state index contributed by atoms with van der Waals surface area (Å²) in [5.41, 5.74) is 0.270. The van der Waals surface area contributed by atoms with Crippen molar-refractivity contribution in [1.29, 1.82) is 0 Å². The van der Waals surface area contributed by atoms with Crippen LogP contribution in [0.4, 0.5) is 0 Å². The topological polar surface area (TPSA) is 91.3 Å². The Morgan fingerprint density at radius 2 is 1.81 bits per heavy atom. The van der Waals surface area contributed by atoms with Crippen LogP contribution < -0.4 is 55.6 Å². The van der Waals surface area contributed by atoms with Crippen LogP contribution in [-0.4, -0.2) is 5.78 Å². The molecule has 3 aliphatic rings. The molecule has 0 aliphatic heterocycles. The SMILES string of the molecule is CC1(C)C2C=CC(=O)C1C2.[K+].[O]=[Mn](=[O])(=[O])[O-]. The Morgan fingerprint density at radius 3 is 2.00 bits per heavy atom. The first-order chi connectivity index (χ1) is 6.62. The molecule has 0 saturated heterocycles. The molecule has 16 heavy (non-hydrogen) atoms. The van der Waals surface area contributed by atoms with Gasteiger partial charge < -0.3 is 0 Å². The van der Waals surface area contributed by atoms with Gasteiger partial charge in [0, 0.05) is 5.92 Å². The Bertz CT molecular complexity index is 443. The van der Waals surface area contributed by atoms with Gasteiger partial charge in [0.15, 0.2) is 5.78 Å². The number of fused-ring (bicyclic) bond motifs is 1. The molecule has 5 nitrogen and oxygen atoms in total. The third kappa shape index (κ3) is 4.31. The van der Waals surface area contributed by atoms with Gasteiger partial charge in [-0.25, -0.2) is 0 Å². The van der Waals surface area contributed by atoms with E-state index in [2.05, 4.69) is 19.9 Å². The van der Waals surface area contributed by atoms with Gasteiger partial charge in [-0.1, -0.05) is 19.9 Å². The van der Waals surface area contributed by atoms with Crippen LogP contribution in [0.25, 0.3) is 0 Å². The van der Waals surface area contributed by atoms with E-state index < -0.39 is 13.0 Å². The summed E-state index contributed by atoms with van der Waals surface area (Å²) < 4.78 is 34.3. The molecule has 0 radical (unpaired) electrons. The first-order valence-corrected chi connectivity index (χ1v) is 6.39. The van der Waals surface area contributed by atoms with Crippen molar-refractivity contribution in [3.63, 3.8) is 0 Å². The van der Waals surface area contributed by atoms with Crippen LogP contribution in [0.1, 0.15) is 20.3 Å². The number of carbonyl (C=O) groups is 1. The van der Waals surface area contributed by atoms with Crippen molar-refractivity contribution >= 4 is 5.78 Å². The Hall–Kier alpha value is 0.926. The molecule has 0 aromatic rings. The molecule has 7 heteroatoms. The molecule has 3 aliphatic carbocycles. The number of carbonyl (C=O) groups excluding carboxylic acids is 1. The van der Waals surface area contributed by atoms with Crippen molar-refractivity contribution in [3.05, 3.63) is 12.2 Å². The van der Waals surface area contributed by atoms with Gasteiger partial charge in [-0.3, -0.25) is 4.79 Å². The molecule has 2 bridgehead atoms. The van der Waals surface area contributed by atoms with Crippen molar-refractivity contribution in [2.45, 2.75) is 20.3 Å². The quantitative estimate of drug-likeness (QED) is 0.452. The predicted molar refractivity (Wildman–Crippen MR) is 41.6 cm³/mol. The minimum absolute atomic E-state index is 0.